The average molecular weight is 520 g/mol. The van der Waals surface area contributed by atoms with Crippen molar-refractivity contribution in [2.45, 2.75) is 25.1 Å². The normalized spacial score (nSPS) is 18.7. The minimum absolute atomic E-state index is 0.0762. The lowest BCUT2D eigenvalue weighted by Crippen LogP contribution is -2.15. The molecule has 0 aliphatic carbocycles. The molecule has 2 unspecified atom stereocenters. The zero-order chi connectivity index (χ0) is 25.9. The van der Waals surface area contributed by atoms with Gasteiger partial charge in [-0.15, -0.1) is 0 Å². The van der Waals surface area contributed by atoms with Gasteiger partial charge in [0, 0.05) is 29.3 Å². The molecule has 188 valence electrons. The highest BCUT2D eigenvalue weighted by atomic mass is 31.2. The number of halogens is 2. The average Bonchev–Trinajstić information content (AvgIpc) is 3.34. The van der Waals surface area contributed by atoms with Gasteiger partial charge >= 0.3 is 6.61 Å². The van der Waals surface area contributed by atoms with Crippen molar-refractivity contribution < 1.29 is 18.1 Å². The smallest absolute Gasteiger partial charge is 0.387 e. The van der Waals surface area contributed by atoms with E-state index in [0.29, 0.717) is 28.8 Å². The second-order valence-corrected chi connectivity index (χ2v) is 12.6. The lowest BCUT2D eigenvalue weighted by Gasteiger charge is -2.21. The number of amidine groups is 1. The molecule has 6 rings (SSSR count). The molecule has 2 bridgehead atoms. The molecule has 4 aromatic rings. The molecule has 2 aliphatic heterocycles. The number of nitrogens with zero attached hydrogens (tertiary/aromatic N) is 5. The van der Waals surface area contributed by atoms with E-state index >= 15 is 0 Å². The van der Waals surface area contributed by atoms with Gasteiger partial charge in [0.2, 0.25) is 0 Å². The standard InChI is InChI=1S/C26H23F2N6O2P/c1-37(2,35)22-9-7-15(12-30-22)14-6-8-17-19(10-14)34-20-11-18(25(34)33-17)32-24(31-13-29)16-4-3-5-21(23(16)20)36-26(27)28/h3-10,12-13,18,20,26H,11H2,1-2H3,(H2,29,31,32). The topological polar surface area (TPSA) is 108 Å². The predicted octanol–water partition coefficient (Wildman–Crippen LogP) is 4.73. The minimum atomic E-state index is -2.98. The van der Waals surface area contributed by atoms with E-state index < -0.39 is 13.8 Å². The van der Waals surface area contributed by atoms with Crippen molar-refractivity contribution in [2.75, 3.05) is 13.3 Å². The first-order valence-electron chi connectivity index (χ1n) is 11.7. The number of aromatic nitrogens is 3. The predicted molar refractivity (Wildman–Crippen MR) is 140 cm³/mol. The molecule has 0 radical (unpaired) electrons. The fourth-order valence-electron chi connectivity index (χ4n) is 5.18. The van der Waals surface area contributed by atoms with Crippen molar-refractivity contribution in [1.29, 1.82) is 0 Å². The van der Waals surface area contributed by atoms with E-state index in [-0.39, 0.29) is 17.8 Å². The fraction of sp³-hybridized carbons (Fsp3) is 0.231. The molecule has 37 heavy (non-hydrogen) atoms. The van der Waals surface area contributed by atoms with Gasteiger partial charge in [-0.2, -0.15) is 8.78 Å². The summed E-state index contributed by atoms with van der Waals surface area (Å²) in [5.41, 5.74) is 10.7. The molecule has 8 nitrogen and oxygen atoms in total. The van der Waals surface area contributed by atoms with Crippen LogP contribution in [0.15, 0.2) is 64.7 Å². The summed E-state index contributed by atoms with van der Waals surface area (Å²) < 4.78 is 46.1. The Bertz CT molecular complexity index is 1640. The molecule has 2 atom stereocenters. The fourth-order valence-corrected chi connectivity index (χ4v) is 5.95. The number of hydrogen-bond acceptors (Lipinski definition) is 6. The number of rotatable bonds is 4. The van der Waals surface area contributed by atoms with E-state index in [1.54, 1.807) is 37.7 Å². The summed E-state index contributed by atoms with van der Waals surface area (Å²) in [6.45, 7) is 0.398. The van der Waals surface area contributed by atoms with Crippen LogP contribution in [0.4, 0.5) is 8.78 Å². The largest absolute Gasteiger partial charge is 0.434 e. The molecule has 0 saturated carbocycles. The third-order valence-corrected chi connectivity index (χ3v) is 8.11. The number of imidazole rings is 1. The van der Waals surface area contributed by atoms with Gasteiger partial charge in [0.1, 0.15) is 24.8 Å². The molecular weight excluding hydrogens is 497 g/mol. The Morgan fingerprint density at radius 3 is 2.70 bits per heavy atom. The molecule has 2 aromatic heterocycles. The summed E-state index contributed by atoms with van der Waals surface area (Å²) in [5, 5.41) is 0. The lowest BCUT2D eigenvalue weighted by atomic mass is 9.96. The van der Waals surface area contributed by atoms with Crippen molar-refractivity contribution >= 4 is 35.8 Å². The van der Waals surface area contributed by atoms with Gasteiger partial charge in [-0.25, -0.2) is 9.98 Å². The molecule has 0 saturated heterocycles. The van der Waals surface area contributed by atoms with Crippen LogP contribution in [0.1, 0.15) is 35.5 Å². The van der Waals surface area contributed by atoms with Gasteiger partial charge in [-0.05, 0) is 43.2 Å². The Morgan fingerprint density at radius 2 is 2.00 bits per heavy atom. The van der Waals surface area contributed by atoms with E-state index in [0.717, 1.165) is 34.3 Å². The Hall–Kier alpha value is -3.91. The third kappa shape index (κ3) is 3.92. The monoisotopic (exact) mass is 520 g/mol. The molecule has 2 N–H and O–H groups in total. The second-order valence-electron chi connectivity index (χ2n) is 9.39. The highest BCUT2D eigenvalue weighted by Crippen LogP contribution is 2.49. The number of hydrogen-bond donors (Lipinski definition) is 1. The number of ether oxygens (including phenoxy) is 1. The quantitative estimate of drug-likeness (QED) is 0.238. The lowest BCUT2D eigenvalue weighted by molar-refractivity contribution is -0.0506. The van der Waals surface area contributed by atoms with Crippen LogP contribution in [0.2, 0.25) is 0 Å². The van der Waals surface area contributed by atoms with E-state index in [4.69, 9.17) is 20.4 Å². The maximum atomic E-state index is 13.4. The van der Waals surface area contributed by atoms with E-state index in [9.17, 15) is 13.3 Å². The summed E-state index contributed by atoms with van der Waals surface area (Å²) >= 11 is 0. The van der Waals surface area contributed by atoms with Crippen molar-refractivity contribution in [3.05, 3.63) is 71.7 Å². The molecule has 4 heterocycles. The molecule has 0 amide bonds. The van der Waals surface area contributed by atoms with E-state index in [1.807, 2.05) is 24.3 Å². The first kappa shape index (κ1) is 23.5. The van der Waals surface area contributed by atoms with Crippen LogP contribution in [0.5, 0.6) is 5.75 Å². The highest BCUT2D eigenvalue weighted by molar-refractivity contribution is 7.69. The van der Waals surface area contributed by atoms with E-state index in [2.05, 4.69) is 14.5 Å². The van der Waals surface area contributed by atoms with Crippen LogP contribution in [0.3, 0.4) is 0 Å². The summed E-state index contributed by atoms with van der Waals surface area (Å²) in [6, 6.07) is 13.9. The van der Waals surface area contributed by atoms with E-state index in [1.165, 1.54) is 6.07 Å². The summed E-state index contributed by atoms with van der Waals surface area (Å²) in [5.74, 6) is 1.16. The van der Waals surface area contributed by atoms with Crippen LogP contribution in [-0.2, 0) is 4.57 Å². The minimum Gasteiger partial charge on any atom is -0.434 e. The summed E-state index contributed by atoms with van der Waals surface area (Å²) in [6.07, 6.45) is 3.39. The molecular formula is C26H23F2N6O2P. The van der Waals surface area contributed by atoms with Gasteiger partial charge < -0.3 is 19.6 Å². The number of alkyl halides is 2. The number of benzene rings is 2. The highest BCUT2D eigenvalue weighted by Gasteiger charge is 2.41. The van der Waals surface area contributed by atoms with Crippen molar-refractivity contribution in [3.8, 4) is 16.9 Å². The maximum Gasteiger partial charge on any atom is 0.387 e. The molecule has 0 fully saturated rings. The van der Waals surface area contributed by atoms with Crippen LogP contribution in [0.25, 0.3) is 22.2 Å². The zero-order valence-electron chi connectivity index (χ0n) is 20.0. The maximum absolute atomic E-state index is 13.4. The number of pyridine rings is 1. The van der Waals surface area contributed by atoms with Crippen molar-refractivity contribution in [3.63, 3.8) is 0 Å². The first-order chi connectivity index (χ1) is 17.7. The number of nitrogens with two attached hydrogens (primary N) is 1. The molecule has 0 spiro atoms. The Labute approximate surface area is 211 Å². The SMILES string of the molecule is CP(C)(=O)c1ccc(-c2ccc3nc4n(c3c2)C2CC4N=C(N=CN)c3cccc(OC(F)F)c32)cn1. The molecule has 2 aliphatic rings. The van der Waals surface area contributed by atoms with Gasteiger partial charge in [0.05, 0.1) is 28.8 Å². The van der Waals surface area contributed by atoms with Crippen molar-refractivity contribution in [1.82, 2.24) is 14.5 Å². The third-order valence-electron chi connectivity index (χ3n) is 6.74. The summed E-state index contributed by atoms with van der Waals surface area (Å²) in [4.78, 5) is 18.3. The van der Waals surface area contributed by atoms with Gasteiger partial charge in [-0.1, -0.05) is 24.3 Å². The second kappa shape index (κ2) is 8.59. The van der Waals surface area contributed by atoms with Crippen LogP contribution < -0.4 is 15.9 Å². The van der Waals surface area contributed by atoms with Crippen LogP contribution >= 0.6 is 7.14 Å². The Kier molecular flexibility index (Phi) is 5.45. The molecule has 2 aromatic carbocycles. The first-order valence-corrected chi connectivity index (χ1v) is 14.3. The molecule has 11 heteroatoms. The van der Waals surface area contributed by atoms with Gasteiger partial charge in [0.25, 0.3) is 0 Å². The Morgan fingerprint density at radius 1 is 1.19 bits per heavy atom. The van der Waals surface area contributed by atoms with Gasteiger partial charge in [0.15, 0.2) is 5.84 Å². The van der Waals surface area contributed by atoms with Crippen LogP contribution in [-0.4, -0.2) is 46.7 Å². The van der Waals surface area contributed by atoms with Crippen LogP contribution in [0, 0.1) is 0 Å². The van der Waals surface area contributed by atoms with Gasteiger partial charge in [-0.3, -0.25) is 9.98 Å². The zero-order valence-corrected chi connectivity index (χ0v) is 20.9. The number of fused-ring (bicyclic) bond motifs is 9. The Balaban J connectivity index is 1.53. The number of aliphatic imine (C=N–C) groups is 2. The summed E-state index contributed by atoms with van der Waals surface area (Å²) in [7, 11) is -2.46. The van der Waals surface area contributed by atoms with Crippen molar-refractivity contribution in [2.24, 2.45) is 15.7 Å².